The summed E-state index contributed by atoms with van der Waals surface area (Å²) in [6.45, 7) is 4.50. The molecule has 7 heteroatoms. The third-order valence-corrected chi connectivity index (χ3v) is 5.43. The zero-order valence-corrected chi connectivity index (χ0v) is 14.6. The van der Waals surface area contributed by atoms with Crippen LogP contribution < -0.4 is 5.32 Å². The Bertz CT molecular complexity index is 656. The van der Waals surface area contributed by atoms with E-state index in [0.29, 0.717) is 23.3 Å². The third kappa shape index (κ3) is 4.27. The maximum Gasteiger partial charge on any atom is 0.270 e. The summed E-state index contributed by atoms with van der Waals surface area (Å²) in [6, 6.07) is 7.53. The summed E-state index contributed by atoms with van der Waals surface area (Å²) in [7, 11) is 2.18. The molecule has 0 amide bonds. The van der Waals surface area contributed by atoms with Gasteiger partial charge in [-0.25, -0.2) is 0 Å². The molecule has 7 nitrogen and oxygen atoms in total. The number of non-ortho nitro benzene ring substituents is 1. The Labute approximate surface area is 148 Å². The number of hydrogen-bond acceptors (Lipinski definition) is 6. The molecule has 0 bridgehead atoms. The SMILES string of the molecule is CN1CCC(N2CCC(Nc3ccc([N+](=O)[O-])cc3C#N)CC2)CC1. The summed E-state index contributed by atoms with van der Waals surface area (Å²) >= 11 is 0. The van der Waals surface area contributed by atoms with Crippen molar-refractivity contribution in [2.24, 2.45) is 0 Å². The molecule has 0 atom stereocenters. The maximum absolute atomic E-state index is 10.8. The fraction of sp³-hybridized carbons (Fsp3) is 0.611. The number of piperidine rings is 2. The Kier molecular flexibility index (Phi) is 5.51. The Morgan fingerprint density at radius 1 is 1.20 bits per heavy atom. The number of anilines is 1. The summed E-state index contributed by atoms with van der Waals surface area (Å²) < 4.78 is 0. The van der Waals surface area contributed by atoms with Crippen LogP contribution in [0.3, 0.4) is 0 Å². The fourth-order valence-electron chi connectivity index (χ4n) is 3.85. The Balaban J connectivity index is 1.56. The number of likely N-dealkylation sites (tertiary alicyclic amines) is 2. The third-order valence-electron chi connectivity index (χ3n) is 5.43. The van der Waals surface area contributed by atoms with Crippen LogP contribution in [0.25, 0.3) is 0 Å². The van der Waals surface area contributed by atoms with E-state index in [9.17, 15) is 15.4 Å². The van der Waals surface area contributed by atoms with Crippen molar-refractivity contribution in [2.75, 3.05) is 38.5 Å². The van der Waals surface area contributed by atoms with Gasteiger partial charge in [-0.05, 0) is 51.9 Å². The zero-order valence-electron chi connectivity index (χ0n) is 14.6. The van der Waals surface area contributed by atoms with Crippen molar-refractivity contribution in [3.05, 3.63) is 33.9 Å². The average Bonchev–Trinajstić information content (AvgIpc) is 2.63. The first kappa shape index (κ1) is 17.6. The fourth-order valence-corrected chi connectivity index (χ4v) is 3.85. The van der Waals surface area contributed by atoms with Crippen LogP contribution in [0, 0.1) is 21.4 Å². The summed E-state index contributed by atoms with van der Waals surface area (Å²) in [4.78, 5) is 15.4. The highest BCUT2D eigenvalue weighted by Gasteiger charge is 2.27. The van der Waals surface area contributed by atoms with E-state index < -0.39 is 4.92 Å². The number of nitrogens with zero attached hydrogens (tertiary/aromatic N) is 4. The molecule has 25 heavy (non-hydrogen) atoms. The molecule has 3 rings (SSSR count). The highest BCUT2D eigenvalue weighted by molar-refractivity contribution is 5.61. The molecule has 1 N–H and O–H groups in total. The van der Waals surface area contributed by atoms with Crippen molar-refractivity contribution >= 4 is 11.4 Å². The van der Waals surface area contributed by atoms with E-state index in [-0.39, 0.29) is 5.69 Å². The summed E-state index contributed by atoms with van der Waals surface area (Å²) in [5, 5.41) is 23.5. The molecule has 0 saturated carbocycles. The van der Waals surface area contributed by atoms with Crippen LogP contribution in [-0.2, 0) is 0 Å². The zero-order chi connectivity index (χ0) is 17.8. The second-order valence-corrected chi connectivity index (χ2v) is 7.09. The minimum Gasteiger partial charge on any atom is -0.381 e. The van der Waals surface area contributed by atoms with E-state index >= 15 is 0 Å². The van der Waals surface area contributed by atoms with Crippen LogP contribution in [0.4, 0.5) is 11.4 Å². The van der Waals surface area contributed by atoms with E-state index in [2.05, 4.69) is 28.2 Å². The van der Waals surface area contributed by atoms with Gasteiger partial charge in [-0.2, -0.15) is 5.26 Å². The monoisotopic (exact) mass is 343 g/mol. The Hall–Kier alpha value is -2.17. The summed E-state index contributed by atoms with van der Waals surface area (Å²) in [6.07, 6.45) is 4.56. The Morgan fingerprint density at radius 2 is 1.88 bits per heavy atom. The van der Waals surface area contributed by atoms with E-state index in [1.54, 1.807) is 6.07 Å². The molecule has 2 heterocycles. The van der Waals surface area contributed by atoms with E-state index in [1.165, 1.54) is 38.1 Å². The van der Waals surface area contributed by atoms with Gasteiger partial charge in [0.2, 0.25) is 0 Å². The van der Waals surface area contributed by atoms with E-state index in [1.807, 2.05) is 0 Å². The van der Waals surface area contributed by atoms with Gasteiger partial charge in [0.1, 0.15) is 6.07 Å². The lowest BCUT2D eigenvalue weighted by Crippen LogP contribution is -2.48. The first-order chi connectivity index (χ1) is 12.1. The summed E-state index contributed by atoms with van der Waals surface area (Å²) in [5.74, 6) is 0. The minimum absolute atomic E-state index is 0.0424. The van der Waals surface area contributed by atoms with E-state index in [0.717, 1.165) is 25.9 Å². The topological polar surface area (TPSA) is 85.4 Å². The molecule has 0 spiro atoms. The molecule has 2 aliphatic rings. The molecule has 134 valence electrons. The van der Waals surface area contributed by atoms with E-state index in [4.69, 9.17) is 0 Å². The number of nitriles is 1. The smallest absolute Gasteiger partial charge is 0.270 e. The second-order valence-electron chi connectivity index (χ2n) is 7.09. The molecule has 0 aromatic heterocycles. The quantitative estimate of drug-likeness (QED) is 0.667. The van der Waals surface area contributed by atoms with Crippen molar-refractivity contribution in [3.63, 3.8) is 0 Å². The van der Waals surface area contributed by atoms with Gasteiger partial charge in [0.15, 0.2) is 0 Å². The molecule has 2 fully saturated rings. The largest absolute Gasteiger partial charge is 0.381 e. The number of benzene rings is 1. The van der Waals surface area contributed by atoms with Crippen molar-refractivity contribution < 1.29 is 4.92 Å². The predicted octanol–water partition coefficient (Wildman–Crippen LogP) is 2.44. The van der Waals surface area contributed by atoms with Gasteiger partial charge in [0.25, 0.3) is 5.69 Å². The van der Waals surface area contributed by atoms with Crippen LogP contribution in [0.2, 0.25) is 0 Å². The maximum atomic E-state index is 10.8. The minimum atomic E-state index is -0.468. The van der Waals surface area contributed by atoms with Crippen LogP contribution in [-0.4, -0.2) is 60.0 Å². The highest BCUT2D eigenvalue weighted by Crippen LogP contribution is 2.26. The normalized spacial score (nSPS) is 21.0. The number of nitrogens with one attached hydrogen (secondary N) is 1. The van der Waals surface area contributed by atoms with Gasteiger partial charge in [-0.1, -0.05) is 0 Å². The van der Waals surface area contributed by atoms with Crippen molar-refractivity contribution in [1.82, 2.24) is 9.80 Å². The van der Waals surface area contributed by atoms with Crippen molar-refractivity contribution in [2.45, 2.75) is 37.8 Å². The molecule has 1 aromatic carbocycles. The molecular formula is C18H25N5O2. The molecule has 1 aromatic rings. The standard InChI is InChI=1S/C18H25N5O2/c1-21-8-6-16(7-9-21)22-10-4-15(5-11-22)20-18-3-2-17(23(24)25)12-14(18)13-19/h2-3,12,15-16,20H,4-11H2,1H3. The molecular weight excluding hydrogens is 318 g/mol. The number of rotatable bonds is 4. The highest BCUT2D eigenvalue weighted by atomic mass is 16.6. The van der Waals surface area contributed by atoms with Gasteiger partial charge in [0.05, 0.1) is 16.2 Å². The first-order valence-electron chi connectivity index (χ1n) is 8.94. The van der Waals surface area contributed by atoms with Crippen LogP contribution >= 0.6 is 0 Å². The molecule has 2 saturated heterocycles. The van der Waals surface area contributed by atoms with Gasteiger partial charge in [-0.3, -0.25) is 10.1 Å². The second kappa shape index (κ2) is 7.81. The molecule has 0 aliphatic carbocycles. The van der Waals surface area contributed by atoms with Crippen molar-refractivity contribution in [3.8, 4) is 6.07 Å². The van der Waals surface area contributed by atoms with Crippen molar-refractivity contribution in [1.29, 1.82) is 5.26 Å². The molecule has 0 radical (unpaired) electrons. The van der Waals surface area contributed by atoms with Gasteiger partial charge in [0, 0.05) is 37.3 Å². The first-order valence-corrected chi connectivity index (χ1v) is 8.94. The number of hydrogen-bond donors (Lipinski definition) is 1. The average molecular weight is 343 g/mol. The lowest BCUT2D eigenvalue weighted by atomic mass is 9.97. The van der Waals surface area contributed by atoms with Crippen LogP contribution in [0.5, 0.6) is 0 Å². The molecule has 2 aliphatic heterocycles. The van der Waals surface area contributed by atoms with Crippen LogP contribution in [0.1, 0.15) is 31.2 Å². The Morgan fingerprint density at radius 3 is 2.48 bits per heavy atom. The van der Waals surface area contributed by atoms with Gasteiger partial charge >= 0.3 is 0 Å². The predicted molar refractivity (Wildman–Crippen MR) is 96.5 cm³/mol. The molecule has 0 unspecified atom stereocenters. The lowest BCUT2D eigenvalue weighted by Gasteiger charge is -2.41. The van der Waals surface area contributed by atoms with Crippen LogP contribution in [0.15, 0.2) is 18.2 Å². The lowest BCUT2D eigenvalue weighted by molar-refractivity contribution is -0.384. The number of nitro groups is 1. The summed E-state index contributed by atoms with van der Waals surface area (Å²) in [5.41, 5.74) is 0.997. The number of nitro benzene ring substituents is 1. The van der Waals surface area contributed by atoms with Gasteiger partial charge in [-0.15, -0.1) is 0 Å². The van der Waals surface area contributed by atoms with Gasteiger partial charge < -0.3 is 15.1 Å².